The van der Waals surface area contributed by atoms with Gasteiger partial charge in [0.1, 0.15) is 0 Å². The Labute approximate surface area is 151 Å². The number of hydrogen-bond acceptors (Lipinski definition) is 3. The molecule has 3 rings (SSSR count). The number of hydrogen-bond donors (Lipinski definition) is 2. The van der Waals surface area contributed by atoms with Crippen LogP contribution in [0.2, 0.25) is 5.02 Å². The minimum absolute atomic E-state index is 0.0623. The van der Waals surface area contributed by atoms with Crippen molar-refractivity contribution < 1.29 is 9.59 Å². The highest BCUT2D eigenvalue weighted by atomic mass is 35.5. The van der Waals surface area contributed by atoms with E-state index < -0.39 is 0 Å². The molecule has 0 atom stereocenters. The quantitative estimate of drug-likeness (QED) is 0.885. The van der Waals surface area contributed by atoms with E-state index in [0.717, 1.165) is 12.8 Å². The molecular formula is C18H19ClN4O2. The maximum absolute atomic E-state index is 12.3. The number of anilines is 1. The van der Waals surface area contributed by atoms with Gasteiger partial charge in [0.15, 0.2) is 0 Å². The summed E-state index contributed by atoms with van der Waals surface area (Å²) in [6.45, 7) is 1.19. The molecule has 1 aliphatic rings. The third-order valence-electron chi connectivity index (χ3n) is 4.14. The number of carbonyl (C=O) groups is 2. The zero-order valence-corrected chi connectivity index (χ0v) is 14.4. The predicted octanol–water partition coefficient (Wildman–Crippen LogP) is 3.16. The van der Waals surface area contributed by atoms with Gasteiger partial charge in [0.25, 0.3) is 5.91 Å². The lowest BCUT2D eigenvalue weighted by atomic mass is 10.0. The lowest BCUT2D eigenvalue weighted by molar-refractivity contribution is 0.0919. The topological polar surface area (TPSA) is 74.3 Å². The van der Waals surface area contributed by atoms with E-state index in [1.165, 1.54) is 0 Å². The van der Waals surface area contributed by atoms with Crippen molar-refractivity contribution in [3.63, 3.8) is 0 Å². The van der Waals surface area contributed by atoms with E-state index in [0.29, 0.717) is 29.4 Å². The number of piperidine rings is 1. The number of nitrogens with one attached hydrogen (secondary N) is 2. The first-order chi connectivity index (χ1) is 12.1. The molecule has 25 heavy (non-hydrogen) atoms. The van der Waals surface area contributed by atoms with Gasteiger partial charge in [0.05, 0.1) is 5.56 Å². The number of rotatable bonds is 3. The summed E-state index contributed by atoms with van der Waals surface area (Å²) in [6.07, 6.45) is 4.62. The van der Waals surface area contributed by atoms with Crippen molar-refractivity contribution in [1.29, 1.82) is 0 Å². The van der Waals surface area contributed by atoms with Crippen LogP contribution in [0.15, 0.2) is 48.8 Å². The highest BCUT2D eigenvalue weighted by Gasteiger charge is 2.24. The normalized spacial score (nSPS) is 14.8. The van der Waals surface area contributed by atoms with Crippen LogP contribution in [0, 0.1) is 0 Å². The van der Waals surface area contributed by atoms with Crippen molar-refractivity contribution >= 4 is 29.2 Å². The molecule has 2 N–H and O–H groups in total. The summed E-state index contributed by atoms with van der Waals surface area (Å²) in [5.74, 6) is -0.128. The second kappa shape index (κ2) is 7.98. The molecule has 130 valence electrons. The zero-order chi connectivity index (χ0) is 17.6. The molecule has 0 aliphatic carbocycles. The largest absolute Gasteiger partial charge is 0.349 e. The third kappa shape index (κ3) is 4.70. The van der Waals surface area contributed by atoms with Crippen LogP contribution in [0.25, 0.3) is 0 Å². The molecule has 1 aliphatic heterocycles. The molecule has 2 heterocycles. The maximum Gasteiger partial charge on any atom is 0.321 e. The number of benzene rings is 1. The van der Waals surface area contributed by atoms with E-state index in [2.05, 4.69) is 15.6 Å². The van der Waals surface area contributed by atoms with E-state index in [9.17, 15) is 9.59 Å². The van der Waals surface area contributed by atoms with Crippen molar-refractivity contribution in [2.24, 2.45) is 0 Å². The fourth-order valence-electron chi connectivity index (χ4n) is 2.73. The molecule has 0 spiro atoms. The molecule has 6 nitrogen and oxygen atoms in total. The Bertz CT molecular complexity index is 729. The first-order valence-corrected chi connectivity index (χ1v) is 8.52. The molecule has 1 aromatic carbocycles. The van der Waals surface area contributed by atoms with Crippen LogP contribution in [0.5, 0.6) is 0 Å². The number of aromatic nitrogens is 1. The Morgan fingerprint density at radius 2 is 1.84 bits per heavy atom. The minimum Gasteiger partial charge on any atom is -0.349 e. The Kier molecular flexibility index (Phi) is 5.50. The van der Waals surface area contributed by atoms with Crippen molar-refractivity contribution in [3.8, 4) is 0 Å². The minimum atomic E-state index is -0.139. The lowest BCUT2D eigenvalue weighted by Gasteiger charge is -2.32. The van der Waals surface area contributed by atoms with Gasteiger partial charge in [-0.25, -0.2) is 4.79 Å². The predicted molar refractivity (Wildman–Crippen MR) is 96.8 cm³/mol. The smallest absolute Gasteiger partial charge is 0.321 e. The molecule has 0 radical (unpaired) electrons. The van der Waals surface area contributed by atoms with Crippen LogP contribution in [0.4, 0.5) is 10.5 Å². The van der Waals surface area contributed by atoms with Crippen molar-refractivity contribution in [3.05, 3.63) is 59.4 Å². The third-order valence-corrected chi connectivity index (χ3v) is 4.39. The summed E-state index contributed by atoms with van der Waals surface area (Å²) in [6, 6.07) is 10.4. The summed E-state index contributed by atoms with van der Waals surface area (Å²) in [7, 11) is 0. The van der Waals surface area contributed by atoms with Gasteiger partial charge < -0.3 is 15.5 Å². The van der Waals surface area contributed by atoms with E-state index >= 15 is 0 Å². The monoisotopic (exact) mass is 358 g/mol. The van der Waals surface area contributed by atoms with Gasteiger partial charge in [0, 0.05) is 42.2 Å². The number of halogens is 1. The van der Waals surface area contributed by atoms with Crippen LogP contribution in [0.3, 0.4) is 0 Å². The van der Waals surface area contributed by atoms with Gasteiger partial charge >= 0.3 is 6.03 Å². The van der Waals surface area contributed by atoms with Crippen LogP contribution >= 0.6 is 11.6 Å². The van der Waals surface area contributed by atoms with Crippen molar-refractivity contribution in [2.45, 2.75) is 18.9 Å². The molecule has 1 saturated heterocycles. The molecular weight excluding hydrogens is 340 g/mol. The van der Waals surface area contributed by atoms with E-state index in [1.807, 2.05) is 0 Å². The second-order valence-corrected chi connectivity index (χ2v) is 6.35. The standard InChI is InChI=1S/C18H19ClN4O2/c19-14-3-5-15(6-4-14)22-18(25)23-10-7-16(8-11-23)21-17(24)13-2-1-9-20-12-13/h1-6,9,12,16H,7-8,10-11H2,(H,21,24)(H,22,25). The molecule has 3 amide bonds. The number of nitrogens with zero attached hydrogens (tertiary/aromatic N) is 2. The van der Waals surface area contributed by atoms with Crippen molar-refractivity contribution in [1.82, 2.24) is 15.2 Å². The maximum atomic E-state index is 12.3. The lowest BCUT2D eigenvalue weighted by Crippen LogP contribution is -2.47. The molecule has 0 saturated carbocycles. The zero-order valence-electron chi connectivity index (χ0n) is 13.6. The van der Waals surface area contributed by atoms with E-state index in [1.54, 1.807) is 53.7 Å². The SMILES string of the molecule is O=C(NC1CCN(C(=O)Nc2ccc(Cl)cc2)CC1)c1cccnc1. The van der Waals surface area contributed by atoms with Gasteiger partial charge in [-0.05, 0) is 49.2 Å². The summed E-state index contributed by atoms with van der Waals surface area (Å²) in [4.78, 5) is 30.1. The first-order valence-electron chi connectivity index (χ1n) is 8.14. The second-order valence-electron chi connectivity index (χ2n) is 5.91. The number of carbonyl (C=O) groups excluding carboxylic acids is 2. The van der Waals surface area contributed by atoms with Crippen LogP contribution < -0.4 is 10.6 Å². The Balaban J connectivity index is 1.47. The highest BCUT2D eigenvalue weighted by molar-refractivity contribution is 6.30. The Hall–Kier alpha value is -2.60. The molecule has 0 bridgehead atoms. The summed E-state index contributed by atoms with van der Waals surface area (Å²) in [5.41, 5.74) is 1.26. The van der Waals surface area contributed by atoms with E-state index in [-0.39, 0.29) is 18.0 Å². The fourth-order valence-corrected chi connectivity index (χ4v) is 2.85. The van der Waals surface area contributed by atoms with Crippen LogP contribution in [-0.4, -0.2) is 41.0 Å². The molecule has 0 unspecified atom stereocenters. The highest BCUT2D eigenvalue weighted by Crippen LogP contribution is 2.16. The van der Waals surface area contributed by atoms with Crippen molar-refractivity contribution in [2.75, 3.05) is 18.4 Å². The summed E-state index contributed by atoms with van der Waals surface area (Å²) in [5, 5.41) is 6.48. The van der Waals surface area contributed by atoms with Gasteiger partial charge in [-0.15, -0.1) is 0 Å². The first kappa shape index (κ1) is 17.2. The number of likely N-dealkylation sites (tertiary alicyclic amines) is 1. The summed E-state index contributed by atoms with van der Waals surface area (Å²) < 4.78 is 0. The van der Waals surface area contributed by atoms with Crippen LogP contribution in [0.1, 0.15) is 23.2 Å². The van der Waals surface area contributed by atoms with Gasteiger partial charge in [-0.3, -0.25) is 9.78 Å². The Morgan fingerprint density at radius 1 is 1.12 bits per heavy atom. The Morgan fingerprint density at radius 3 is 2.48 bits per heavy atom. The number of pyridine rings is 1. The summed E-state index contributed by atoms with van der Waals surface area (Å²) >= 11 is 5.84. The van der Waals surface area contributed by atoms with Gasteiger partial charge in [0.2, 0.25) is 0 Å². The molecule has 1 aromatic heterocycles. The van der Waals surface area contributed by atoms with Gasteiger partial charge in [-0.2, -0.15) is 0 Å². The van der Waals surface area contributed by atoms with E-state index in [4.69, 9.17) is 11.6 Å². The molecule has 1 fully saturated rings. The molecule has 7 heteroatoms. The average molecular weight is 359 g/mol. The fraction of sp³-hybridized carbons (Fsp3) is 0.278. The molecule has 2 aromatic rings. The number of amides is 3. The van der Waals surface area contributed by atoms with Gasteiger partial charge in [-0.1, -0.05) is 11.6 Å². The van der Waals surface area contributed by atoms with Crippen LogP contribution in [-0.2, 0) is 0 Å². The number of urea groups is 1. The average Bonchev–Trinajstić information content (AvgIpc) is 2.65.